The Balaban J connectivity index is 1.97. The second-order valence-corrected chi connectivity index (χ2v) is 16.4. The van der Waals surface area contributed by atoms with Crippen molar-refractivity contribution in [3.63, 3.8) is 0 Å². The third-order valence-corrected chi connectivity index (χ3v) is 9.97. The molecule has 0 aromatic heterocycles. The minimum Gasteiger partial charge on any atom is -0.462 e. The maximum atomic E-state index is 12.3. The van der Waals surface area contributed by atoms with Crippen molar-refractivity contribution in [3.05, 3.63) is 45.7 Å². The zero-order valence-electron chi connectivity index (χ0n) is 21.4. The Labute approximate surface area is 327 Å². The first kappa shape index (κ1) is 39.9. The van der Waals surface area contributed by atoms with Gasteiger partial charge in [-0.3, -0.25) is 28.2 Å². The van der Waals surface area contributed by atoms with Crippen molar-refractivity contribution in [1.82, 2.24) is 0 Å². The van der Waals surface area contributed by atoms with Crippen LogP contribution in [0.25, 0.3) is 0 Å². The van der Waals surface area contributed by atoms with Gasteiger partial charge in [0, 0.05) is 13.7 Å². The fourth-order valence-electron chi connectivity index (χ4n) is 2.76. The molecule has 0 aliphatic heterocycles. The summed E-state index contributed by atoms with van der Waals surface area (Å²) < 4.78 is 47.0. The summed E-state index contributed by atoms with van der Waals surface area (Å²) in [6.45, 7) is -1.84. The van der Waals surface area contributed by atoms with Crippen LogP contribution in [0.4, 0.5) is 0 Å². The smallest absolute Gasteiger partial charge is 0.462 e. The van der Waals surface area contributed by atoms with Crippen molar-refractivity contribution in [2.24, 2.45) is 5.73 Å². The highest BCUT2D eigenvalue weighted by molar-refractivity contribution is 14.1. The monoisotopic (exact) mass is 1290 g/mol. The molecular weight excluding hydrogens is 1270 g/mol. The van der Waals surface area contributed by atoms with Gasteiger partial charge in [0.05, 0.1) is 20.9 Å². The number of carbonyl (C=O) groups is 4. The van der Waals surface area contributed by atoms with Crippen LogP contribution in [-0.2, 0) is 42.3 Å². The summed E-state index contributed by atoms with van der Waals surface area (Å²) in [7, 11) is -4.71. The molecule has 3 N–H and O–H groups in total. The molecule has 0 fully saturated rings. The second kappa shape index (κ2) is 19.6. The summed E-state index contributed by atoms with van der Waals surface area (Å²) in [4.78, 5) is 59.2. The van der Waals surface area contributed by atoms with Gasteiger partial charge in [0.25, 0.3) is 0 Å². The zero-order chi connectivity index (χ0) is 32.3. The number of ether oxygens (including phenoxy) is 4. The number of hydrogen-bond donors (Lipinski definition) is 2. The van der Waals surface area contributed by atoms with E-state index >= 15 is 0 Å². The van der Waals surface area contributed by atoms with E-state index in [4.69, 9.17) is 29.2 Å². The van der Waals surface area contributed by atoms with Gasteiger partial charge in [0.2, 0.25) is 0 Å². The minimum atomic E-state index is -4.71. The third kappa shape index (κ3) is 15.0. The lowest BCUT2D eigenvalue weighted by Gasteiger charge is -2.20. The lowest BCUT2D eigenvalue weighted by Crippen LogP contribution is -2.30. The highest BCUT2D eigenvalue weighted by Crippen LogP contribution is 2.44. The zero-order valence-corrected chi connectivity index (χ0v) is 35.2. The van der Waals surface area contributed by atoms with Crippen LogP contribution in [0.5, 0.6) is 11.5 Å². The summed E-state index contributed by atoms with van der Waals surface area (Å²) >= 11 is 12.2. The van der Waals surface area contributed by atoms with Crippen LogP contribution < -0.4 is 15.2 Å². The standard InChI is InChI=1S/C23H20I6NO12P/c24-11-3-14(26)22(15(27)4-11)40-20(33)7-18(31)37-9-13(42-43(35,36)39-2-1-30)10-38-19(32)8-21(34)41-23-16(28)5-12(25)6-17(23)29/h3-6,13H,1-2,7-10,30H2,(H,35,36). The van der Waals surface area contributed by atoms with Crippen LogP contribution in [0, 0.1) is 21.4 Å². The van der Waals surface area contributed by atoms with Crippen LogP contribution in [0.1, 0.15) is 12.8 Å². The van der Waals surface area contributed by atoms with Crippen LogP contribution in [0.15, 0.2) is 24.3 Å². The molecule has 0 bridgehead atoms. The van der Waals surface area contributed by atoms with Crippen LogP contribution in [0.3, 0.4) is 0 Å². The lowest BCUT2D eigenvalue weighted by molar-refractivity contribution is -0.155. The first-order valence-electron chi connectivity index (χ1n) is 11.5. The third-order valence-electron chi connectivity index (χ3n) is 4.45. The van der Waals surface area contributed by atoms with E-state index in [0.29, 0.717) is 14.3 Å². The van der Waals surface area contributed by atoms with Crippen molar-refractivity contribution in [3.8, 4) is 11.5 Å². The molecule has 43 heavy (non-hydrogen) atoms. The average Bonchev–Trinajstić information content (AvgIpc) is 2.88. The molecule has 236 valence electrons. The number of rotatable bonds is 15. The molecule has 20 heteroatoms. The van der Waals surface area contributed by atoms with Crippen molar-refractivity contribution in [2.75, 3.05) is 26.4 Å². The molecule has 13 nitrogen and oxygen atoms in total. The summed E-state index contributed by atoms with van der Waals surface area (Å²) in [6, 6.07) is 7.15. The number of esters is 4. The van der Waals surface area contributed by atoms with Gasteiger partial charge in [-0.1, -0.05) is 0 Å². The molecule has 0 saturated heterocycles. The number of phosphoric ester groups is 1. The van der Waals surface area contributed by atoms with Gasteiger partial charge in [-0.05, 0) is 160 Å². The summed E-state index contributed by atoms with van der Waals surface area (Å²) in [6.07, 6.45) is -3.08. The Kier molecular flexibility index (Phi) is 18.2. The lowest BCUT2D eigenvalue weighted by atomic mass is 10.3. The van der Waals surface area contributed by atoms with Crippen LogP contribution >= 0.6 is 143 Å². The van der Waals surface area contributed by atoms with Gasteiger partial charge in [-0.25, -0.2) is 4.57 Å². The molecule has 1 unspecified atom stereocenters. The SMILES string of the molecule is NCCOP(=O)(O)OC(COC(=O)CC(=O)Oc1c(I)cc(I)cc1I)COC(=O)CC(=O)Oc1c(I)cc(I)cc1I. The average molecular weight is 1290 g/mol. The van der Waals surface area contributed by atoms with E-state index in [1.165, 1.54) is 0 Å². The van der Waals surface area contributed by atoms with Gasteiger partial charge < -0.3 is 29.6 Å². The fourth-order valence-corrected chi connectivity index (χ4v) is 11.3. The molecule has 0 aliphatic carbocycles. The Morgan fingerprint density at radius 2 is 1.09 bits per heavy atom. The molecule has 2 rings (SSSR count). The maximum Gasteiger partial charge on any atom is 0.472 e. The van der Waals surface area contributed by atoms with E-state index in [1.807, 2.05) is 90.4 Å². The van der Waals surface area contributed by atoms with Crippen LogP contribution in [-0.4, -0.2) is 61.2 Å². The summed E-state index contributed by atoms with van der Waals surface area (Å²) in [5, 5.41) is 0. The predicted octanol–water partition coefficient (Wildman–Crippen LogP) is 5.15. The number of nitrogens with two attached hydrogens (primary N) is 1. The number of carbonyl (C=O) groups excluding carboxylic acids is 4. The van der Waals surface area contributed by atoms with E-state index in [1.54, 1.807) is 24.3 Å². The number of hydrogen-bond acceptors (Lipinski definition) is 12. The van der Waals surface area contributed by atoms with E-state index in [2.05, 4.69) is 49.7 Å². The highest BCUT2D eigenvalue weighted by atomic mass is 127. The van der Waals surface area contributed by atoms with Crippen LogP contribution in [0.2, 0.25) is 0 Å². The van der Waals surface area contributed by atoms with Gasteiger partial charge in [-0.2, -0.15) is 0 Å². The highest BCUT2D eigenvalue weighted by Gasteiger charge is 2.29. The first-order chi connectivity index (χ1) is 20.1. The topological polar surface area (TPSA) is 187 Å². The van der Waals surface area contributed by atoms with Crippen molar-refractivity contribution in [2.45, 2.75) is 18.9 Å². The molecule has 1 atom stereocenters. The molecular formula is C23H20I6NO12P. The fraction of sp³-hybridized carbons (Fsp3) is 0.304. The Hall–Kier alpha value is 0.770. The van der Waals surface area contributed by atoms with Gasteiger partial charge in [0.1, 0.15) is 32.2 Å². The number of halogens is 6. The molecule has 0 radical (unpaired) electrons. The molecule has 0 spiro atoms. The Morgan fingerprint density at radius 3 is 1.44 bits per heavy atom. The summed E-state index contributed by atoms with van der Waals surface area (Å²) in [5.41, 5.74) is 5.28. The molecule has 0 amide bonds. The predicted molar refractivity (Wildman–Crippen MR) is 201 cm³/mol. The molecule has 0 heterocycles. The van der Waals surface area contributed by atoms with E-state index < -0.39 is 63.9 Å². The summed E-state index contributed by atoms with van der Waals surface area (Å²) in [5.74, 6) is -3.31. The normalized spacial score (nSPS) is 12.4. The Morgan fingerprint density at radius 1 is 0.721 bits per heavy atom. The maximum absolute atomic E-state index is 12.3. The number of phosphoric acid groups is 1. The largest absolute Gasteiger partial charge is 0.472 e. The van der Waals surface area contributed by atoms with Crippen molar-refractivity contribution >= 4 is 167 Å². The van der Waals surface area contributed by atoms with Crippen molar-refractivity contribution < 1.29 is 56.6 Å². The Bertz CT molecular complexity index is 1280. The first-order valence-corrected chi connectivity index (χ1v) is 19.4. The van der Waals surface area contributed by atoms with E-state index in [9.17, 15) is 28.6 Å². The van der Waals surface area contributed by atoms with Crippen molar-refractivity contribution in [1.29, 1.82) is 0 Å². The van der Waals surface area contributed by atoms with Gasteiger partial charge in [0.15, 0.2) is 11.5 Å². The van der Waals surface area contributed by atoms with E-state index in [0.717, 1.165) is 7.14 Å². The molecule has 2 aromatic rings. The molecule has 0 aliphatic rings. The molecule has 0 saturated carbocycles. The number of benzene rings is 2. The molecule has 2 aromatic carbocycles. The van der Waals surface area contributed by atoms with Gasteiger partial charge >= 0.3 is 31.7 Å². The quantitative estimate of drug-likeness (QED) is 0.0785. The van der Waals surface area contributed by atoms with E-state index in [-0.39, 0.29) is 24.7 Å². The second-order valence-electron chi connectivity index (χ2n) is 7.88. The van der Waals surface area contributed by atoms with Gasteiger partial charge in [-0.15, -0.1) is 0 Å². The minimum absolute atomic E-state index is 0.0936.